The van der Waals surface area contributed by atoms with E-state index >= 15 is 0 Å². The number of nitrogens with zero attached hydrogens (tertiary/aromatic N) is 3. The molecule has 0 saturated carbocycles. The van der Waals surface area contributed by atoms with Gasteiger partial charge in [-0.05, 0) is 31.5 Å². The highest BCUT2D eigenvalue weighted by molar-refractivity contribution is 5.84. The first-order valence-electron chi connectivity index (χ1n) is 8.95. The molecule has 2 heterocycles. The van der Waals surface area contributed by atoms with E-state index in [4.69, 9.17) is 9.47 Å². The van der Waals surface area contributed by atoms with Crippen molar-refractivity contribution >= 4 is 16.7 Å². The molecule has 2 aromatic heterocycles. The Hall–Kier alpha value is -2.89. The van der Waals surface area contributed by atoms with Gasteiger partial charge in [-0.3, -0.25) is 4.98 Å². The van der Waals surface area contributed by atoms with E-state index in [0.717, 1.165) is 47.7 Å². The number of para-hydroxylation sites is 1. The minimum atomic E-state index is 0.408. The van der Waals surface area contributed by atoms with Crippen molar-refractivity contribution in [2.45, 2.75) is 26.7 Å². The molecule has 6 heteroatoms. The number of fused-ring (bicyclic) bond motifs is 1. The number of nitrogens with one attached hydrogen (secondary N) is 1. The van der Waals surface area contributed by atoms with Crippen molar-refractivity contribution in [1.82, 2.24) is 15.0 Å². The molecule has 0 unspecified atom stereocenters. The summed E-state index contributed by atoms with van der Waals surface area (Å²) in [6.45, 7) is 5.72. The second-order valence-electron chi connectivity index (χ2n) is 5.93. The summed E-state index contributed by atoms with van der Waals surface area (Å²) in [6, 6.07) is 9.78. The molecular weight excluding hydrogens is 328 g/mol. The number of aromatic nitrogens is 3. The minimum absolute atomic E-state index is 0.408. The summed E-state index contributed by atoms with van der Waals surface area (Å²) >= 11 is 0. The highest BCUT2D eigenvalue weighted by atomic mass is 16.5. The average Bonchev–Trinajstić information content (AvgIpc) is 2.67. The van der Waals surface area contributed by atoms with Crippen LogP contribution in [0.3, 0.4) is 0 Å². The van der Waals surface area contributed by atoms with Crippen LogP contribution in [0.5, 0.6) is 11.5 Å². The first-order valence-corrected chi connectivity index (χ1v) is 8.95. The molecule has 26 heavy (non-hydrogen) atoms. The SMILES string of the molecule is CCCCNc1nc(C)ncc1OCCOc1ccnc2ccccc12. The Kier molecular flexibility index (Phi) is 6.19. The Morgan fingerprint density at radius 1 is 1.00 bits per heavy atom. The number of rotatable bonds is 9. The van der Waals surface area contributed by atoms with Crippen LogP contribution in [0.1, 0.15) is 25.6 Å². The standard InChI is InChI=1S/C20H24N4O2/c1-3-4-10-22-20-19(14-23-15(2)24-20)26-13-12-25-18-9-11-21-17-8-6-5-7-16(17)18/h5-9,11,14H,3-4,10,12-13H2,1-2H3,(H,22,23,24). The summed E-state index contributed by atoms with van der Waals surface area (Å²) in [4.78, 5) is 13.0. The van der Waals surface area contributed by atoms with Crippen molar-refractivity contribution in [3.63, 3.8) is 0 Å². The van der Waals surface area contributed by atoms with Gasteiger partial charge in [-0.25, -0.2) is 9.97 Å². The molecule has 3 rings (SSSR count). The number of ether oxygens (including phenoxy) is 2. The molecule has 0 aliphatic heterocycles. The van der Waals surface area contributed by atoms with E-state index in [1.165, 1.54) is 0 Å². The van der Waals surface area contributed by atoms with Crippen LogP contribution in [0.25, 0.3) is 10.9 Å². The lowest BCUT2D eigenvalue weighted by Crippen LogP contribution is -2.12. The lowest BCUT2D eigenvalue weighted by Gasteiger charge is -2.13. The Morgan fingerprint density at radius 3 is 2.65 bits per heavy atom. The number of unbranched alkanes of at least 4 members (excludes halogenated alkanes) is 1. The second kappa shape index (κ2) is 8.99. The third-order valence-corrected chi connectivity index (χ3v) is 3.91. The Labute approximate surface area is 153 Å². The zero-order chi connectivity index (χ0) is 18.2. The number of benzene rings is 1. The van der Waals surface area contributed by atoms with Crippen LogP contribution in [0, 0.1) is 6.92 Å². The molecule has 0 saturated heterocycles. The molecule has 0 aliphatic carbocycles. The first-order chi connectivity index (χ1) is 12.8. The Morgan fingerprint density at radius 2 is 1.81 bits per heavy atom. The highest BCUT2D eigenvalue weighted by Crippen LogP contribution is 2.24. The number of hydrogen-bond donors (Lipinski definition) is 1. The number of aryl methyl sites for hydroxylation is 1. The van der Waals surface area contributed by atoms with Crippen LogP contribution in [0.2, 0.25) is 0 Å². The molecule has 0 fully saturated rings. The molecule has 136 valence electrons. The van der Waals surface area contributed by atoms with Crippen LogP contribution in [-0.4, -0.2) is 34.7 Å². The van der Waals surface area contributed by atoms with E-state index in [1.807, 2.05) is 37.3 Å². The van der Waals surface area contributed by atoms with E-state index in [2.05, 4.69) is 27.2 Å². The van der Waals surface area contributed by atoms with Gasteiger partial charge in [0.15, 0.2) is 11.6 Å². The van der Waals surface area contributed by atoms with Crippen LogP contribution in [0.4, 0.5) is 5.82 Å². The zero-order valence-electron chi connectivity index (χ0n) is 15.2. The Balaban J connectivity index is 1.58. The third-order valence-electron chi connectivity index (χ3n) is 3.91. The van der Waals surface area contributed by atoms with Crippen molar-refractivity contribution in [3.8, 4) is 11.5 Å². The highest BCUT2D eigenvalue weighted by Gasteiger charge is 2.07. The van der Waals surface area contributed by atoms with Gasteiger partial charge >= 0.3 is 0 Å². The fraction of sp³-hybridized carbons (Fsp3) is 0.350. The topological polar surface area (TPSA) is 69.2 Å². The lowest BCUT2D eigenvalue weighted by atomic mass is 10.2. The van der Waals surface area contributed by atoms with Gasteiger partial charge in [-0.15, -0.1) is 0 Å². The predicted octanol–water partition coefficient (Wildman–Crippen LogP) is 4.00. The van der Waals surface area contributed by atoms with Crippen molar-refractivity contribution in [3.05, 3.63) is 48.5 Å². The molecule has 0 spiro atoms. The molecule has 1 aromatic carbocycles. The van der Waals surface area contributed by atoms with Crippen LogP contribution in [0.15, 0.2) is 42.7 Å². The van der Waals surface area contributed by atoms with Crippen molar-refractivity contribution < 1.29 is 9.47 Å². The maximum atomic E-state index is 5.88. The third kappa shape index (κ3) is 4.59. The molecule has 0 bridgehead atoms. The van der Waals surface area contributed by atoms with Gasteiger partial charge in [0.2, 0.25) is 0 Å². The predicted molar refractivity (Wildman–Crippen MR) is 103 cm³/mol. The summed E-state index contributed by atoms with van der Waals surface area (Å²) in [5.74, 6) is 2.91. The lowest BCUT2D eigenvalue weighted by molar-refractivity contribution is 0.218. The van der Waals surface area contributed by atoms with Crippen molar-refractivity contribution in [2.75, 3.05) is 25.1 Å². The van der Waals surface area contributed by atoms with Gasteiger partial charge in [0.05, 0.1) is 11.7 Å². The summed E-state index contributed by atoms with van der Waals surface area (Å²) in [5, 5.41) is 4.31. The van der Waals surface area contributed by atoms with Crippen LogP contribution < -0.4 is 14.8 Å². The summed E-state index contributed by atoms with van der Waals surface area (Å²) in [6.07, 6.45) is 5.67. The Bertz CT molecular complexity index is 849. The second-order valence-corrected chi connectivity index (χ2v) is 5.93. The molecular formula is C20H24N4O2. The number of hydrogen-bond acceptors (Lipinski definition) is 6. The fourth-order valence-corrected chi connectivity index (χ4v) is 2.57. The van der Waals surface area contributed by atoms with Gasteiger partial charge in [0.25, 0.3) is 0 Å². The maximum absolute atomic E-state index is 5.88. The molecule has 0 amide bonds. The molecule has 6 nitrogen and oxygen atoms in total. The average molecular weight is 352 g/mol. The van der Waals surface area contributed by atoms with Gasteiger partial charge in [-0.2, -0.15) is 0 Å². The van der Waals surface area contributed by atoms with Gasteiger partial charge in [0.1, 0.15) is 24.8 Å². The van der Waals surface area contributed by atoms with Crippen LogP contribution in [-0.2, 0) is 0 Å². The van der Waals surface area contributed by atoms with Crippen molar-refractivity contribution in [1.29, 1.82) is 0 Å². The molecule has 0 radical (unpaired) electrons. The van der Waals surface area contributed by atoms with Gasteiger partial charge in [-0.1, -0.05) is 25.5 Å². The molecule has 0 atom stereocenters. The number of anilines is 1. The van der Waals surface area contributed by atoms with Crippen LogP contribution >= 0.6 is 0 Å². The van der Waals surface area contributed by atoms with E-state index in [-0.39, 0.29) is 0 Å². The smallest absolute Gasteiger partial charge is 0.180 e. The monoisotopic (exact) mass is 352 g/mol. The quantitative estimate of drug-likeness (QED) is 0.587. The minimum Gasteiger partial charge on any atom is -0.489 e. The molecule has 0 aliphatic rings. The summed E-state index contributed by atoms with van der Waals surface area (Å²) < 4.78 is 11.7. The summed E-state index contributed by atoms with van der Waals surface area (Å²) in [5.41, 5.74) is 0.917. The zero-order valence-corrected chi connectivity index (χ0v) is 15.2. The normalized spacial score (nSPS) is 10.7. The number of pyridine rings is 1. The first kappa shape index (κ1) is 17.9. The maximum Gasteiger partial charge on any atom is 0.180 e. The van der Waals surface area contributed by atoms with Gasteiger partial charge < -0.3 is 14.8 Å². The van der Waals surface area contributed by atoms with E-state index < -0.39 is 0 Å². The summed E-state index contributed by atoms with van der Waals surface area (Å²) in [7, 11) is 0. The van der Waals surface area contributed by atoms with E-state index in [9.17, 15) is 0 Å². The van der Waals surface area contributed by atoms with Crippen molar-refractivity contribution in [2.24, 2.45) is 0 Å². The molecule has 1 N–H and O–H groups in total. The van der Waals surface area contributed by atoms with Gasteiger partial charge in [0, 0.05) is 18.1 Å². The van der Waals surface area contributed by atoms with E-state index in [0.29, 0.717) is 19.0 Å². The fourth-order valence-electron chi connectivity index (χ4n) is 2.57. The van der Waals surface area contributed by atoms with E-state index in [1.54, 1.807) is 12.4 Å². The largest absolute Gasteiger partial charge is 0.489 e. The molecule has 3 aromatic rings.